The van der Waals surface area contributed by atoms with Gasteiger partial charge in [-0.15, -0.1) is 0 Å². The maximum atomic E-state index is 12.3. The van der Waals surface area contributed by atoms with Crippen LogP contribution in [0.1, 0.15) is 19.8 Å². The van der Waals surface area contributed by atoms with E-state index in [9.17, 15) is 24.0 Å². The third-order valence-corrected chi connectivity index (χ3v) is 4.17. The van der Waals surface area contributed by atoms with E-state index < -0.39 is 66.9 Å². The third kappa shape index (κ3) is 9.53. The Bertz CT molecular complexity index is 588. The van der Waals surface area contributed by atoms with Crippen LogP contribution in [0.3, 0.4) is 0 Å². The summed E-state index contributed by atoms with van der Waals surface area (Å²) in [6, 6.07) is -5.22. The van der Waals surface area contributed by atoms with Crippen molar-refractivity contribution >= 4 is 41.4 Å². The lowest BCUT2D eigenvalue weighted by molar-refractivity contribution is -0.143. The van der Waals surface area contributed by atoms with Gasteiger partial charge in [0.1, 0.15) is 24.2 Å². The highest BCUT2D eigenvalue weighted by Gasteiger charge is 2.30. The van der Waals surface area contributed by atoms with Crippen LogP contribution in [0.15, 0.2) is 0 Å². The molecule has 0 aliphatic heterocycles. The first kappa shape index (κ1) is 25.6. The summed E-state index contributed by atoms with van der Waals surface area (Å²) in [5.74, 6) is -4.91. The number of hydrogen-bond donors (Lipinski definition) is 7. The number of aliphatic hydroxyl groups excluding tert-OH is 1. The van der Waals surface area contributed by atoms with Crippen molar-refractivity contribution in [2.75, 3.05) is 18.6 Å². The summed E-state index contributed by atoms with van der Waals surface area (Å²) in [4.78, 5) is 58.3. The molecule has 0 aliphatic carbocycles. The second-order valence-corrected chi connectivity index (χ2v) is 6.84. The van der Waals surface area contributed by atoms with E-state index in [0.29, 0.717) is 5.75 Å². The number of carboxylic acid groups (broad SMARTS) is 2. The molecule has 4 atom stereocenters. The van der Waals surface area contributed by atoms with Crippen molar-refractivity contribution in [3.05, 3.63) is 0 Å². The molecular formula is C15H26N4O8S. The SMILES string of the molecule is CSCCC(NC(=O)C(CC(=O)O)NC(=O)C(C)NC(=O)C(N)CO)C(=O)O. The van der Waals surface area contributed by atoms with Crippen LogP contribution in [0.5, 0.6) is 0 Å². The third-order valence-electron chi connectivity index (χ3n) is 3.52. The summed E-state index contributed by atoms with van der Waals surface area (Å²) in [6.07, 6.45) is 1.08. The molecule has 0 heterocycles. The van der Waals surface area contributed by atoms with Gasteiger partial charge in [-0.3, -0.25) is 19.2 Å². The second kappa shape index (κ2) is 12.9. The molecule has 160 valence electrons. The van der Waals surface area contributed by atoms with Gasteiger partial charge >= 0.3 is 11.9 Å². The molecule has 0 saturated heterocycles. The predicted octanol–water partition coefficient (Wildman–Crippen LogP) is -2.91. The van der Waals surface area contributed by atoms with Gasteiger partial charge in [-0.1, -0.05) is 0 Å². The van der Waals surface area contributed by atoms with E-state index in [1.807, 2.05) is 0 Å². The smallest absolute Gasteiger partial charge is 0.326 e. The molecule has 0 aromatic carbocycles. The lowest BCUT2D eigenvalue weighted by Gasteiger charge is -2.22. The first-order valence-corrected chi connectivity index (χ1v) is 9.63. The van der Waals surface area contributed by atoms with Crippen LogP contribution in [0, 0.1) is 0 Å². The van der Waals surface area contributed by atoms with E-state index in [1.165, 1.54) is 18.7 Å². The molecule has 0 fully saturated rings. The lowest BCUT2D eigenvalue weighted by Crippen LogP contribution is -2.57. The Morgan fingerprint density at radius 3 is 2.00 bits per heavy atom. The minimum absolute atomic E-state index is 0.113. The molecule has 0 radical (unpaired) electrons. The summed E-state index contributed by atoms with van der Waals surface area (Å²) < 4.78 is 0. The van der Waals surface area contributed by atoms with Crippen LogP contribution in [0.25, 0.3) is 0 Å². The van der Waals surface area contributed by atoms with E-state index >= 15 is 0 Å². The Morgan fingerprint density at radius 1 is 0.964 bits per heavy atom. The van der Waals surface area contributed by atoms with Gasteiger partial charge in [0.2, 0.25) is 17.7 Å². The quantitative estimate of drug-likeness (QED) is 0.161. The van der Waals surface area contributed by atoms with Crippen LogP contribution in [0.2, 0.25) is 0 Å². The van der Waals surface area contributed by atoms with E-state index in [0.717, 1.165) is 0 Å². The number of aliphatic carboxylic acids is 2. The Hall–Kier alpha value is -2.38. The number of nitrogens with two attached hydrogens (primary N) is 1. The Morgan fingerprint density at radius 2 is 1.54 bits per heavy atom. The Labute approximate surface area is 165 Å². The molecule has 0 saturated carbocycles. The number of thioether (sulfide) groups is 1. The largest absolute Gasteiger partial charge is 0.481 e. The lowest BCUT2D eigenvalue weighted by atomic mass is 10.1. The van der Waals surface area contributed by atoms with E-state index in [2.05, 4.69) is 16.0 Å². The number of carboxylic acids is 2. The van der Waals surface area contributed by atoms with Gasteiger partial charge in [0.05, 0.1) is 13.0 Å². The zero-order valence-corrected chi connectivity index (χ0v) is 16.3. The zero-order chi connectivity index (χ0) is 21.9. The van der Waals surface area contributed by atoms with Crippen molar-refractivity contribution in [3.8, 4) is 0 Å². The summed E-state index contributed by atoms with van der Waals surface area (Å²) in [5, 5.41) is 33.5. The molecule has 0 aromatic heterocycles. The molecule has 8 N–H and O–H groups in total. The van der Waals surface area contributed by atoms with Crippen LogP contribution in [-0.4, -0.2) is 87.8 Å². The average Bonchev–Trinajstić information content (AvgIpc) is 2.62. The van der Waals surface area contributed by atoms with Gasteiger partial charge in [-0.05, 0) is 25.4 Å². The predicted molar refractivity (Wildman–Crippen MR) is 99.4 cm³/mol. The summed E-state index contributed by atoms with van der Waals surface area (Å²) >= 11 is 1.37. The standard InChI is InChI=1S/C15H26N4O8S/c1-7(17-13(24)8(16)6-20)12(23)19-10(5-11(21)22)14(25)18-9(15(26)27)3-4-28-2/h7-10,20H,3-6,16H2,1-2H3,(H,17,24)(H,18,25)(H,19,23)(H,21,22)(H,26,27). The van der Waals surface area contributed by atoms with E-state index in [1.54, 1.807) is 6.26 Å². The fourth-order valence-electron chi connectivity index (χ4n) is 1.91. The summed E-state index contributed by atoms with van der Waals surface area (Å²) in [6.45, 7) is 0.627. The topological polar surface area (TPSA) is 208 Å². The van der Waals surface area contributed by atoms with Crippen molar-refractivity contribution in [3.63, 3.8) is 0 Å². The Kier molecular flexibility index (Phi) is 11.8. The number of rotatable bonds is 13. The van der Waals surface area contributed by atoms with Crippen LogP contribution in [0.4, 0.5) is 0 Å². The molecule has 0 aliphatic rings. The normalized spacial score (nSPS) is 14.9. The zero-order valence-electron chi connectivity index (χ0n) is 15.5. The highest BCUT2D eigenvalue weighted by atomic mass is 32.2. The monoisotopic (exact) mass is 422 g/mol. The molecule has 0 bridgehead atoms. The molecular weight excluding hydrogens is 396 g/mol. The molecule has 0 aromatic rings. The number of carbonyl (C=O) groups excluding carboxylic acids is 3. The van der Waals surface area contributed by atoms with Gasteiger partial charge in [-0.25, -0.2) is 4.79 Å². The van der Waals surface area contributed by atoms with Crippen molar-refractivity contribution in [2.24, 2.45) is 5.73 Å². The molecule has 13 heteroatoms. The minimum atomic E-state index is -1.55. The summed E-state index contributed by atoms with van der Waals surface area (Å²) in [5.41, 5.74) is 5.31. The van der Waals surface area contributed by atoms with Crippen molar-refractivity contribution in [1.29, 1.82) is 0 Å². The number of aliphatic hydroxyl groups is 1. The van der Waals surface area contributed by atoms with E-state index in [-0.39, 0.29) is 6.42 Å². The molecule has 0 rings (SSSR count). The Balaban J connectivity index is 5.07. The molecule has 3 amide bonds. The highest BCUT2D eigenvalue weighted by Crippen LogP contribution is 2.03. The molecule has 4 unspecified atom stereocenters. The van der Waals surface area contributed by atoms with Crippen molar-refractivity contribution in [1.82, 2.24) is 16.0 Å². The van der Waals surface area contributed by atoms with Crippen molar-refractivity contribution < 1.29 is 39.3 Å². The fraction of sp³-hybridized carbons (Fsp3) is 0.667. The maximum absolute atomic E-state index is 12.3. The maximum Gasteiger partial charge on any atom is 0.326 e. The fourth-order valence-corrected chi connectivity index (χ4v) is 2.39. The van der Waals surface area contributed by atoms with Crippen LogP contribution >= 0.6 is 11.8 Å². The van der Waals surface area contributed by atoms with Crippen molar-refractivity contribution in [2.45, 2.75) is 43.9 Å². The minimum Gasteiger partial charge on any atom is -0.481 e. The second-order valence-electron chi connectivity index (χ2n) is 5.86. The summed E-state index contributed by atoms with van der Waals surface area (Å²) in [7, 11) is 0. The van der Waals surface area contributed by atoms with Crippen LogP contribution < -0.4 is 21.7 Å². The van der Waals surface area contributed by atoms with Gasteiger partial charge < -0.3 is 37.0 Å². The number of carbonyl (C=O) groups is 5. The number of nitrogens with one attached hydrogen (secondary N) is 3. The number of amides is 3. The highest BCUT2D eigenvalue weighted by molar-refractivity contribution is 7.98. The average molecular weight is 422 g/mol. The first-order chi connectivity index (χ1) is 13.0. The molecule has 12 nitrogen and oxygen atoms in total. The van der Waals surface area contributed by atoms with Gasteiger partial charge in [0, 0.05) is 0 Å². The van der Waals surface area contributed by atoms with E-state index in [4.69, 9.17) is 21.1 Å². The van der Waals surface area contributed by atoms with Crippen LogP contribution in [-0.2, 0) is 24.0 Å². The van der Waals surface area contributed by atoms with Gasteiger partial charge in [0.25, 0.3) is 0 Å². The first-order valence-electron chi connectivity index (χ1n) is 8.24. The van der Waals surface area contributed by atoms with Gasteiger partial charge in [-0.2, -0.15) is 11.8 Å². The number of hydrogen-bond acceptors (Lipinski definition) is 8. The molecule has 0 spiro atoms. The van der Waals surface area contributed by atoms with Gasteiger partial charge in [0.15, 0.2) is 0 Å². The molecule has 28 heavy (non-hydrogen) atoms.